The number of amides is 2. The molecule has 2 amide bonds. The number of nitrogens with two attached hydrogens (primary N) is 2. The van der Waals surface area contributed by atoms with Crippen LogP contribution in [0.4, 0.5) is 0 Å². The molecule has 0 atom stereocenters. The lowest BCUT2D eigenvalue weighted by atomic mass is 9.88. The zero-order valence-corrected chi connectivity index (χ0v) is 22.9. The number of benzene rings is 4. The number of hydrogen-bond donors (Lipinski definition) is 4. The first-order valence-electron chi connectivity index (χ1n) is 13.7. The van der Waals surface area contributed by atoms with Crippen molar-refractivity contribution in [3.8, 4) is 0 Å². The standard InChI is InChI=1S/2C17H20N2O/c2*18-17(20)13-19-12-11-16(14-7-3-1-4-8-14)15-9-5-2-6-10-15/h2*1-10,16,19H,11-13H2,(H2,18,20). The molecule has 4 rings (SSSR count). The van der Waals surface area contributed by atoms with Crippen LogP contribution in [0.2, 0.25) is 0 Å². The molecule has 0 saturated heterocycles. The summed E-state index contributed by atoms with van der Waals surface area (Å²) in [5.74, 6) is 0.0255. The molecule has 0 aromatic heterocycles. The van der Waals surface area contributed by atoms with Crippen molar-refractivity contribution in [1.82, 2.24) is 10.6 Å². The summed E-state index contributed by atoms with van der Waals surface area (Å²) in [6.45, 7) is 1.99. The highest BCUT2D eigenvalue weighted by atomic mass is 16.1. The van der Waals surface area contributed by atoms with Crippen molar-refractivity contribution in [3.63, 3.8) is 0 Å². The Morgan fingerprint density at radius 2 is 0.725 bits per heavy atom. The largest absolute Gasteiger partial charge is 0.369 e. The zero-order valence-electron chi connectivity index (χ0n) is 22.9. The number of carbonyl (C=O) groups is 2. The molecule has 0 aliphatic carbocycles. The average Bonchev–Trinajstić information content (AvgIpc) is 2.99. The number of carbonyl (C=O) groups excluding carboxylic acids is 2. The van der Waals surface area contributed by atoms with Gasteiger partial charge in [-0.2, -0.15) is 0 Å². The predicted octanol–water partition coefficient (Wildman–Crippen LogP) is 4.57. The fraction of sp³-hybridized carbons (Fsp3) is 0.235. The van der Waals surface area contributed by atoms with E-state index >= 15 is 0 Å². The highest BCUT2D eigenvalue weighted by molar-refractivity contribution is 5.76. The van der Waals surface area contributed by atoms with Crippen molar-refractivity contribution in [3.05, 3.63) is 144 Å². The quantitative estimate of drug-likeness (QED) is 0.177. The summed E-state index contributed by atoms with van der Waals surface area (Å²) in [6.07, 6.45) is 1.86. The van der Waals surface area contributed by atoms with Gasteiger partial charge in [-0.1, -0.05) is 121 Å². The number of primary amides is 2. The third kappa shape index (κ3) is 10.8. The first-order chi connectivity index (χ1) is 19.5. The van der Waals surface area contributed by atoms with E-state index in [9.17, 15) is 9.59 Å². The molecule has 0 bridgehead atoms. The molecule has 0 fully saturated rings. The molecule has 6 N–H and O–H groups in total. The van der Waals surface area contributed by atoms with Gasteiger partial charge in [0.2, 0.25) is 11.8 Å². The minimum Gasteiger partial charge on any atom is -0.369 e. The van der Waals surface area contributed by atoms with Gasteiger partial charge in [0, 0.05) is 11.8 Å². The van der Waals surface area contributed by atoms with Crippen molar-refractivity contribution >= 4 is 11.8 Å². The van der Waals surface area contributed by atoms with Crippen molar-refractivity contribution in [2.24, 2.45) is 11.5 Å². The maximum absolute atomic E-state index is 10.7. The maximum atomic E-state index is 10.7. The van der Waals surface area contributed by atoms with Crippen molar-refractivity contribution in [2.75, 3.05) is 26.2 Å². The predicted molar refractivity (Wildman–Crippen MR) is 163 cm³/mol. The van der Waals surface area contributed by atoms with Gasteiger partial charge >= 0.3 is 0 Å². The van der Waals surface area contributed by atoms with Crippen LogP contribution in [0.5, 0.6) is 0 Å². The summed E-state index contributed by atoms with van der Waals surface area (Å²) in [6, 6.07) is 41.7. The highest BCUT2D eigenvalue weighted by Crippen LogP contribution is 2.28. The Morgan fingerprint density at radius 1 is 0.475 bits per heavy atom. The van der Waals surface area contributed by atoms with Gasteiger partial charge in [0.15, 0.2) is 0 Å². The molecular formula is C34H40N4O2. The van der Waals surface area contributed by atoms with Gasteiger partial charge in [-0.05, 0) is 48.2 Å². The summed E-state index contributed by atoms with van der Waals surface area (Å²) in [5, 5.41) is 6.16. The van der Waals surface area contributed by atoms with Crippen LogP contribution in [0.25, 0.3) is 0 Å². The smallest absolute Gasteiger partial charge is 0.231 e. The third-order valence-electron chi connectivity index (χ3n) is 6.63. The number of nitrogens with one attached hydrogen (secondary N) is 2. The Kier molecular flexibility index (Phi) is 13.1. The summed E-state index contributed by atoms with van der Waals surface area (Å²) in [5.41, 5.74) is 15.4. The first-order valence-corrected chi connectivity index (χ1v) is 13.7. The normalized spacial score (nSPS) is 10.7. The Bertz CT molecular complexity index is 1070. The Labute approximate surface area is 237 Å². The van der Waals surface area contributed by atoms with E-state index in [1.807, 2.05) is 24.3 Å². The second-order valence-electron chi connectivity index (χ2n) is 9.61. The zero-order chi connectivity index (χ0) is 28.4. The van der Waals surface area contributed by atoms with E-state index in [2.05, 4.69) is 108 Å². The summed E-state index contributed by atoms with van der Waals surface area (Å²) in [4.78, 5) is 21.5. The topological polar surface area (TPSA) is 110 Å². The molecule has 0 aliphatic rings. The highest BCUT2D eigenvalue weighted by Gasteiger charge is 2.14. The lowest BCUT2D eigenvalue weighted by Crippen LogP contribution is -2.29. The van der Waals surface area contributed by atoms with Crippen LogP contribution in [0.1, 0.15) is 46.9 Å². The van der Waals surface area contributed by atoms with E-state index < -0.39 is 0 Å². The first kappa shape index (κ1) is 30.3. The van der Waals surface area contributed by atoms with Crippen molar-refractivity contribution in [2.45, 2.75) is 24.7 Å². The summed E-state index contributed by atoms with van der Waals surface area (Å²) >= 11 is 0. The van der Waals surface area contributed by atoms with Crippen LogP contribution in [0.3, 0.4) is 0 Å². The second kappa shape index (κ2) is 17.4. The van der Waals surface area contributed by atoms with Gasteiger partial charge in [-0.15, -0.1) is 0 Å². The van der Waals surface area contributed by atoms with E-state index in [1.165, 1.54) is 22.3 Å². The van der Waals surface area contributed by atoms with Gasteiger partial charge in [-0.25, -0.2) is 0 Å². The average molecular weight is 537 g/mol. The van der Waals surface area contributed by atoms with Gasteiger partial charge < -0.3 is 22.1 Å². The molecule has 0 heterocycles. The van der Waals surface area contributed by atoms with Crippen molar-refractivity contribution in [1.29, 1.82) is 0 Å². The molecule has 0 unspecified atom stereocenters. The molecule has 0 spiro atoms. The van der Waals surface area contributed by atoms with Crippen LogP contribution >= 0.6 is 0 Å². The SMILES string of the molecule is NC(=O)CNCCC(c1ccccc1)c1ccccc1.NC(=O)CNCCC(c1ccccc1)c1ccccc1. The van der Waals surface area contributed by atoms with E-state index in [0.29, 0.717) is 11.8 Å². The van der Waals surface area contributed by atoms with Crippen LogP contribution in [-0.2, 0) is 9.59 Å². The summed E-state index contributed by atoms with van der Waals surface area (Å²) in [7, 11) is 0. The number of rotatable bonds is 14. The van der Waals surface area contributed by atoms with Gasteiger partial charge in [0.05, 0.1) is 13.1 Å². The molecule has 6 nitrogen and oxygen atoms in total. The van der Waals surface area contributed by atoms with Gasteiger partial charge in [0.1, 0.15) is 0 Å². The minimum absolute atomic E-state index is 0.232. The summed E-state index contributed by atoms with van der Waals surface area (Å²) < 4.78 is 0. The second-order valence-corrected chi connectivity index (χ2v) is 9.61. The van der Waals surface area contributed by atoms with Crippen molar-refractivity contribution < 1.29 is 9.59 Å². The molecule has 208 valence electrons. The van der Waals surface area contributed by atoms with E-state index in [0.717, 1.165) is 25.9 Å². The Hall–Kier alpha value is -4.26. The Morgan fingerprint density at radius 3 is 0.950 bits per heavy atom. The van der Waals surface area contributed by atoms with Crippen LogP contribution in [0.15, 0.2) is 121 Å². The fourth-order valence-electron chi connectivity index (χ4n) is 4.71. The van der Waals surface area contributed by atoms with Gasteiger partial charge in [0.25, 0.3) is 0 Å². The van der Waals surface area contributed by atoms with Crippen LogP contribution in [0, 0.1) is 0 Å². The lowest BCUT2D eigenvalue weighted by molar-refractivity contribution is -0.118. The van der Waals surface area contributed by atoms with Crippen LogP contribution < -0.4 is 22.1 Å². The number of hydrogen-bond acceptors (Lipinski definition) is 4. The maximum Gasteiger partial charge on any atom is 0.231 e. The van der Waals surface area contributed by atoms with Crippen LogP contribution in [-0.4, -0.2) is 38.0 Å². The molecular weight excluding hydrogens is 496 g/mol. The molecule has 4 aromatic rings. The third-order valence-corrected chi connectivity index (χ3v) is 6.63. The molecule has 4 aromatic carbocycles. The Balaban J connectivity index is 0.000000220. The van der Waals surface area contributed by atoms with E-state index in [1.54, 1.807) is 0 Å². The molecule has 0 radical (unpaired) electrons. The molecule has 40 heavy (non-hydrogen) atoms. The molecule has 0 saturated carbocycles. The van der Waals surface area contributed by atoms with Gasteiger partial charge in [-0.3, -0.25) is 9.59 Å². The minimum atomic E-state index is -0.319. The van der Waals surface area contributed by atoms with E-state index in [4.69, 9.17) is 11.5 Å². The molecule has 0 aliphatic heterocycles. The molecule has 6 heteroatoms. The lowest BCUT2D eigenvalue weighted by Gasteiger charge is -2.18. The van der Waals surface area contributed by atoms with E-state index in [-0.39, 0.29) is 24.9 Å². The fourth-order valence-corrected chi connectivity index (χ4v) is 4.71. The monoisotopic (exact) mass is 536 g/mol.